The molecule has 160 valence electrons. The molecule has 30 heavy (non-hydrogen) atoms. The molecule has 1 aliphatic heterocycles. The monoisotopic (exact) mass is 434 g/mol. The maximum absolute atomic E-state index is 12.9. The molecule has 1 atom stereocenters. The quantitative estimate of drug-likeness (QED) is 0.462. The Morgan fingerprint density at radius 2 is 1.93 bits per heavy atom. The number of nitrogens with zero attached hydrogens (tertiary/aromatic N) is 2. The molecule has 0 aliphatic carbocycles. The summed E-state index contributed by atoms with van der Waals surface area (Å²) < 4.78 is 34.5. The van der Waals surface area contributed by atoms with Gasteiger partial charge in [-0.15, -0.1) is 0 Å². The predicted octanol–water partition coefficient (Wildman–Crippen LogP) is 2.20. The smallest absolute Gasteiger partial charge is 0.273 e. The highest BCUT2D eigenvalue weighted by Crippen LogP contribution is 2.23. The van der Waals surface area contributed by atoms with E-state index >= 15 is 0 Å². The Kier molecular flexibility index (Phi) is 6.56. The normalized spacial score (nSPS) is 17.3. The first-order valence-corrected chi connectivity index (χ1v) is 11.1. The van der Waals surface area contributed by atoms with Gasteiger partial charge in [0.05, 0.1) is 29.6 Å². The zero-order valence-electron chi connectivity index (χ0n) is 16.4. The van der Waals surface area contributed by atoms with Crippen LogP contribution in [0, 0.1) is 10.1 Å². The molecule has 1 unspecified atom stereocenters. The number of sulfone groups is 1. The van der Waals surface area contributed by atoms with Gasteiger partial charge in [-0.1, -0.05) is 18.2 Å². The number of nitro benzene ring substituents is 1. The van der Waals surface area contributed by atoms with Gasteiger partial charge >= 0.3 is 0 Å². The molecule has 1 fully saturated rings. The van der Waals surface area contributed by atoms with E-state index in [4.69, 9.17) is 9.47 Å². The van der Waals surface area contributed by atoms with Crippen LogP contribution in [0.5, 0.6) is 11.5 Å². The molecule has 0 spiro atoms. The molecule has 0 radical (unpaired) electrons. The van der Waals surface area contributed by atoms with Gasteiger partial charge in [0.25, 0.3) is 11.6 Å². The Hall–Kier alpha value is -3.14. The van der Waals surface area contributed by atoms with Crippen molar-refractivity contribution in [2.45, 2.75) is 19.0 Å². The fraction of sp³-hybridized carbons (Fsp3) is 0.350. The summed E-state index contributed by atoms with van der Waals surface area (Å²) in [6.07, 6.45) is 0.362. The number of rotatable bonds is 8. The number of hydrogen-bond donors (Lipinski definition) is 0. The summed E-state index contributed by atoms with van der Waals surface area (Å²) in [6.45, 7) is -0.130. The number of hydrogen-bond acceptors (Lipinski definition) is 7. The van der Waals surface area contributed by atoms with Crippen molar-refractivity contribution < 1.29 is 27.6 Å². The number of nitro groups is 1. The number of carbonyl (C=O) groups is 1. The van der Waals surface area contributed by atoms with Crippen molar-refractivity contribution in [3.8, 4) is 11.5 Å². The molecule has 9 nitrogen and oxygen atoms in total. The second kappa shape index (κ2) is 9.12. The van der Waals surface area contributed by atoms with Gasteiger partial charge in [0.15, 0.2) is 16.4 Å². The lowest BCUT2D eigenvalue weighted by molar-refractivity contribution is -0.384. The van der Waals surface area contributed by atoms with Crippen LogP contribution in [0.3, 0.4) is 0 Å². The molecular weight excluding hydrogens is 412 g/mol. The SMILES string of the molecule is COc1ccc(CN(C(=O)COc2cccc([N+](=O)[O-])c2)C2CCS(=O)(=O)C2)cc1. The number of methoxy groups -OCH3 is 1. The molecule has 10 heteroatoms. The van der Waals surface area contributed by atoms with E-state index in [1.807, 2.05) is 12.1 Å². The van der Waals surface area contributed by atoms with Gasteiger partial charge in [-0.2, -0.15) is 0 Å². The Morgan fingerprint density at radius 1 is 1.20 bits per heavy atom. The van der Waals surface area contributed by atoms with Gasteiger partial charge in [0, 0.05) is 18.7 Å². The van der Waals surface area contributed by atoms with E-state index in [1.165, 1.54) is 29.2 Å². The zero-order chi connectivity index (χ0) is 21.7. The summed E-state index contributed by atoms with van der Waals surface area (Å²) in [7, 11) is -1.63. The number of benzene rings is 2. The third kappa shape index (κ3) is 5.47. The molecule has 3 rings (SSSR count). The van der Waals surface area contributed by atoms with E-state index in [-0.39, 0.29) is 42.0 Å². The minimum Gasteiger partial charge on any atom is -0.497 e. The van der Waals surface area contributed by atoms with Gasteiger partial charge < -0.3 is 14.4 Å². The summed E-state index contributed by atoms with van der Waals surface area (Å²) in [5.74, 6) is 0.427. The number of amides is 1. The Bertz CT molecular complexity index is 1020. The maximum atomic E-state index is 12.9. The Morgan fingerprint density at radius 3 is 2.53 bits per heavy atom. The standard InChI is InChI=1S/C20H22N2O7S/c1-28-18-7-5-15(6-8-18)12-21(17-9-10-30(26,27)14-17)20(23)13-29-19-4-2-3-16(11-19)22(24)25/h2-8,11,17H,9-10,12-14H2,1H3. The van der Waals surface area contributed by atoms with Crippen LogP contribution >= 0.6 is 0 Å². The molecular formula is C20H22N2O7S. The van der Waals surface area contributed by atoms with Crippen LogP contribution in [0.25, 0.3) is 0 Å². The van der Waals surface area contributed by atoms with Gasteiger partial charge in [-0.3, -0.25) is 14.9 Å². The van der Waals surface area contributed by atoms with Gasteiger partial charge in [0.2, 0.25) is 0 Å². The molecule has 1 aliphatic rings. The highest BCUT2D eigenvalue weighted by Gasteiger charge is 2.34. The van der Waals surface area contributed by atoms with Crippen LogP contribution in [-0.2, 0) is 21.2 Å². The fourth-order valence-electron chi connectivity index (χ4n) is 3.28. The highest BCUT2D eigenvalue weighted by atomic mass is 32.2. The molecule has 1 heterocycles. The van der Waals surface area contributed by atoms with Crippen LogP contribution in [0.15, 0.2) is 48.5 Å². The van der Waals surface area contributed by atoms with E-state index in [1.54, 1.807) is 19.2 Å². The molecule has 2 aromatic carbocycles. The van der Waals surface area contributed by atoms with E-state index in [0.717, 1.165) is 5.56 Å². The van der Waals surface area contributed by atoms with Crippen molar-refractivity contribution in [2.75, 3.05) is 25.2 Å². The second-order valence-corrected chi connectivity index (χ2v) is 9.20. The molecule has 0 N–H and O–H groups in total. The second-order valence-electron chi connectivity index (χ2n) is 6.97. The third-order valence-electron chi connectivity index (χ3n) is 4.87. The van der Waals surface area contributed by atoms with Crippen molar-refractivity contribution in [3.05, 3.63) is 64.2 Å². The number of ether oxygens (including phenoxy) is 2. The van der Waals surface area contributed by atoms with Crippen LogP contribution < -0.4 is 9.47 Å². The third-order valence-corrected chi connectivity index (χ3v) is 6.62. The lowest BCUT2D eigenvalue weighted by atomic mass is 10.1. The van der Waals surface area contributed by atoms with Crippen molar-refractivity contribution in [2.24, 2.45) is 0 Å². The molecule has 2 aromatic rings. The lowest BCUT2D eigenvalue weighted by Gasteiger charge is -2.28. The Balaban J connectivity index is 1.74. The summed E-state index contributed by atoms with van der Waals surface area (Å²) in [4.78, 5) is 24.8. The highest BCUT2D eigenvalue weighted by molar-refractivity contribution is 7.91. The van der Waals surface area contributed by atoms with E-state index < -0.39 is 20.8 Å². The maximum Gasteiger partial charge on any atom is 0.273 e. The fourth-order valence-corrected chi connectivity index (χ4v) is 5.02. The van der Waals surface area contributed by atoms with E-state index in [9.17, 15) is 23.3 Å². The van der Waals surface area contributed by atoms with E-state index in [2.05, 4.69) is 0 Å². The molecule has 1 amide bonds. The summed E-state index contributed by atoms with van der Waals surface area (Å²) in [5.41, 5.74) is 0.681. The lowest BCUT2D eigenvalue weighted by Crippen LogP contribution is -2.43. The first-order chi connectivity index (χ1) is 14.3. The van der Waals surface area contributed by atoms with Crippen molar-refractivity contribution in [1.82, 2.24) is 4.90 Å². The first kappa shape index (κ1) is 21.6. The molecule has 0 bridgehead atoms. The first-order valence-electron chi connectivity index (χ1n) is 9.27. The summed E-state index contributed by atoms with van der Waals surface area (Å²) in [5, 5.41) is 10.9. The Labute approximate surface area is 174 Å². The average molecular weight is 434 g/mol. The zero-order valence-corrected chi connectivity index (χ0v) is 17.2. The molecule has 0 aromatic heterocycles. The van der Waals surface area contributed by atoms with E-state index in [0.29, 0.717) is 12.2 Å². The molecule has 0 saturated carbocycles. The van der Waals surface area contributed by atoms with Gasteiger partial charge in [-0.05, 0) is 30.2 Å². The van der Waals surface area contributed by atoms with Crippen LogP contribution in [-0.4, -0.2) is 55.4 Å². The largest absolute Gasteiger partial charge is 0.497 e. The minimum absolute atomic E-state index is 0.0375. The van der Waals surface area contributed by atoms with Crippen LogP contribution in [0.4, 0.5) is 5.69 Å². The van der Waals surface area contributed by atoms with Crippen LogP contribution in [0.1, 0.15) is 12.0 Å². The van der Waals surface area contributed by atoms with Gasteiger partial charge in [0.1, 0.15) is 11.5 Å². The van der Waals surface area contributed by atoms with Crippen molar-refractivity contribution in [3.63, 3.8) is 0 Å². The topological polar surface area (TPSA) is 116 Å². The predicted molar refractivity (Wildman–Crippen MR) is 109 cm³/mol. The molecule has 1 saturated heterocycles. The van der Waals surface area contributed by atoms with Crippen LogP contribution in [0.2, 0.25) is 0 Å². The van der Waals surface area contributed by atoms with Crippen molar-refractivity contribution in [1.29, 1.82) is 0 Å². The summed E-state index contributed by atoms with van der Waals surface area (Å²) >= 11 is 0. The number of non-ortho nitro benzene ring substituents is 1. The average Bonchev–Trinajstić information content (AvgIpc) is 3.10. The summed E-state index contributed by atoms with van der Waals surface area (Å²) in [6, 6.07) is 12.3. The minimum atomic E-state index is -3.19. The number of carbonyl (C=O) groups excluding carboxylic acids is 1. The van der Waals surface area contributed by atoms with Crippen molar-refractivity contribution >= 4 is 21.4 Å². The van der Waals surface area contributed by atoms with Gasteiger partial charge in [-0.25, -0.2) is 8.42 Å².